The second-order valence-electron chi connectivity index (χ2n) is 10.5. The summed E-state index contributed by atoms with van der Waals surface area (Å²) in [5.41, 5.74) is 5.29. The first-order chi connectivity index (χ1) is 19.3. The lowest BCUT2D eigenvalue weighted by molar-refractivity contribution is -0.143. The zero-order valence-corrected chi connectivity index (χ0v) is 22.4. The number of nitrogens with two attached hydrogens (primary N) is 1. The van der Waals surface area contributed by atoms with Crippen LogP contribution in [0, 0.1) is 5.92 Å². The van der Waals surface area contributed by atoms with Gasteiger partial charge in [0.2, 0.25) is 0 Å². The lowest BCUT2D eigenvalue weighted by Gasteiger charge is -2.30. The molecule has 3 heterocycles. The Morgan fingerprint density at radius 3 is 2.22 bits per heavy atom. The van der Waals surface area contributed by atoms with Crippen molar-refractivity contribution in [3.63, 3.8) is 0 Å². The molecule has 0 bridgehead atoms. The molecule has 1 aromatic carbocycles. The monoisotopic (exact) mass is 581 g/mol. The van der Waals surface area contributed by atoms with Crippen LogP contribution in [0.3, 0.4) is 0 Å². The summed E-state index contributed by atoms with van der Waals surface area (Å²) in [6.07, 6.45) is -4.10. The van der Waals surface area contributed by atoms with Gasteiger partial charge in [-0.1, -0.05) is 24.4 Å². The van der Waals surface area contributed by atoms with Crippen LogP contribution in [0.15, 0.2) is 30.5 Å². The van der Waals surface area contributed by atoms with Crippen LogP contribution in [0.2, 0.25) is 0 Å². The Kier molecular flexibility index (Phi) is 7.66. The van der Waals surface area contributed by atoms with Gasteiger partial charge in [0.1, 0.15) is 0 Å². The topological polar surface area (TPSA) is 104 Å². The predicted molar refractivity (Wildman–Crippen MR) is 137 cm³/mol. The van der Waals surface area contributed by atoms with Gasteiger partial charge in [0.05, 0.1) is 30.1 Å². The molecule has 2 N–H and O–H groups in total. The Morgan fingerprint density at radius 2 is 1.68 bits per heavy atom. The van der Waals surface area contributed by atoms with Crippen molar-refractivity contribution in [2.24, 2.45) is 25.7 Å². The van der Waals surface area contributed by atoms with Gasteiger partial charge in [-0.25, -0.2) is 4.98 Å². The Balaban J connectivity index is 1.58. The number of hydrogen-bond donors (Lipinski definition) is 1. The molecule has 0 saturated heterocycles. The highest BCUT2D eigenvalue weighted by Crippen LogP contribution is 2.38. The Labute approximate surface area is 231 Å². The fourth-order valence-electron chi connectivity index (χ4n) is 5.20. The van der Waals surface area contributed by atoms with E-state index in [1.807, 2.05) is 6.07 Å². The number of alkyl halides is 6. The molecule has 5 rings (SSSR count). The van der Waals surface area contributed by atoms with Crippen molar-refractivity contribution in [2.75, 3.05) is 11.4 Å². The summed E-state index contributed by atoms with van der Waals surface area (Å²) in [4.78, 5) is 7.56. The summed E-state index contributed by atoms with van der Waals surface area (Å²) in [7, 11) is 3.28. The van der Waals surface area contributed by atoms with Crippen molar-refractivity contribution in [3.05, 3.63) is 58.4 Å². The van der Waals surface area contributed by atoms with Crippen molar-refractivity contribution in [1.29, 1.82) is 0 Å². The van der Waals surface area contributed by atoms with Crippen LogP contribution >= 0.6 is 0 Å². The molecule has 1 atom stereocenters. The molecule has 15 heteroatoms. The fraction of sp³-hybridized carbons (Fsp3) is 0.500. The van der Waals surface area contributed by atoms with E-state index in [9.17, 15) is 26.3 Å². The second-order valence-corrected chi connectivity index (χ2v) is 10.5. The van der Waals surface area contributed by atoms with Crippen LogP contribution in [-0.2, 0) is 39.5 Å². The van der Waals surface area contributed by atoms with Gasteiger partial charge in [0.25, 0.3) is 5.95 Å². The van der Waals surface area contributed by atoms with E-state index in [1.165, 1.54) is 16.7 Å². The third-order valence-corrected chi connectivity index (χ3v) is 7.50. The highest BCUT2D eigenvalue weighted by atomic mass is 19.4. The first-order valence-corrected chi connectivity index (χ1v) is 13.1. The number of fused-ring (bicyclic) bond motifs is 1. The molecule has 220 valence electrons. The summed E-state index contributed by atoms with van der Waals surface area (Å²) >= 11 is 0. The van der Waals surface area contributed by atoms with Gasteiger partial charge in [0.15, 0.2) is 5.65 Å². The van der Waals surface area contributed by atoms with Gasteiger partial charge >= 0.3 is 12.4 Å². The molecule has 0 radical (unpaired) electrons. The van der Waals surface area contributed by atoms with E-state index in [1.54, 1.807) is 17.9 Å². The molecular weight excluding hydrogens is 552 g/mol. The van der Waals surface area contributed by atoms with Crippen LogP contribution in [-0.4, -0.2) is 41.5 Å². The van der Waals surface area contributed by atoms with E-state index < -0.39 is 23.5 Å². The van der Waals surface area contributed by atoms with Crippen molar-refractivity contribution in [2.45, 2.75) is 57.0 Å². The maximum atomic E-state index is 13.6. The third-order valence-electron chi connectivity index (χ3n) is 7.50. The third kappa shape index (κ3) is 6.29. The van der Waals surface area contributed by atoms with E-state index >= 15 is 0 Å². The molecule has 9 nitrogen and oxygen atoms in total. The molecule has 41 heavy (non-hydrogen) atoms. The van der Waals surface area contributed by atoms with E-state index in [0.29, 0.717) is 41.5 Å². The quantitative estimate of drug-likeness (QED) is 0.279. The minimum atomic E-state index is -4.97. The highest BCUT2D eigenvalue weighted by Gasteiger charge is 2.37. The number of nitrogens with zero attached hydrogens (tertiary/aromatic N) is 8. The number of aromatic nitrogens is 7. The van der Waals surface area contributed by atoms with Gasteiger partial charge in [-0.2, -0.15) is 36.2 Å². The van der Waals surface area contributed by atoms with Gasteiger partial charge < -0.3 is 10.6 Å². The standard InChI is InChI=1S/C26H29F6N9/c1-39-23-18(12-34-39)9-19(22(35-23)17(11-33)6-15-4-3-5-15)14-41(24-36-38-40(2)37-24)13-16-7-20(25(27,28)29)10-21(8-16)26(30,31)32/h7-10,12,15,17H,3-6,11,13-14,33H2,1-2H3. The van der Waals surface area contributed by atoms with E-state index in [4.69, 9.17) is 10.7 Å². The summed E-state index contributed by atoms with van der Waals surface area (Å²) in [6.45, 7) is 0.0164. The first kappa shape index (κ1) is 28.8. The lowest BCUT2D eigenvalue weighted by Crippen LogP contribution is -2.27. The van der Waals surface area contributed by atoms with Crippen molar-refractivity contribution in [3.8, 4) is 0 Å². The molecular formula is C26H29F6N9. The number of pyridine rings is 1. The molecule has 1 aliphatic carbocycles. The van der Waals surface area contributed by atoms with Crippen LogP contribution in [0.4, 0.5) is 32.3 Å². The van der Waals surface area contributed by atoms with Crippen LogP contribution in [0.1, 0.15) is 59.5 Å². The number of hydrogen-bond acceptors (Lipinski definition) is 7. The molecule has 1 unspecified atom stereocenters. The Bertz CT molecular complexity index is 1490. The molecule has 4 aromatic rings. The zero-order chi connectivity index (χ0) is 29.5. The van der Waals surface area contributed by atoms with Crippen LogP contribution in [0.25, 0.3) is 11.0 Å². The highest BCUT2D eigenvalue weighted by molar-refractivity contribution is 5.76. The number of tetrazole rings is 1. The Hall–Kier alpha value is -3.75. The van der Waals surface area contributed by atoms with Gasteiger partial charge in [0, 0.05) is 38.0 Å². The maximum Gasteiger partial charge on any atom is 0.416 e. The van der Waals surface area contributed by atoms with E-state index in [-0.39, 0.29) is 36.6 Å². The molecule has 1 aliphatic rings. The van der Waals surface area contributed by atoms with Gasteiger partial charge in [-0.05, 0) is 52.9 Å². The number of anilines is 1. The van der Waals surface area contributed by atoms with Crippen molar-refractivity contribution in [1.82, 2.24) is 35.0 Å². The molecule has 0 spiro atoms. The lowest BCUT2D eigenvalue weighted by atomic mass is 9.77. The van der Waals surface area contributed by atoms with E-state index in [0.717, 1.165) is 31.1 Å². The SMILES string of the molecule is Cn1nnc(N(Cc2cc(C(F)(F)F)cc(C(F)(F)F)c2)Cc2cc3cnn(C)c3nc2C(CN)CC2CCC2)n1. The molecule has 0 aliphatic heterocycles. The Morgan fingerprint density at radius 1 is 1.00 bits per heavy atom. The van der Waals surface area contributed by atoms with Gasteiger partial charge in [-0.3, -0.25) is 4.68 Å². The smallest absolute Gasteiger partial charge is 0.330 e. The molecule has 0 amide bonds. The minimum Gasteiger partial charge on any atom is -0.330 e. The maximum absolute atomic E-state index is 13.6. The molecule has 1 fully saturated rings. The molecule has 3 aromatic heterocycles. The van der Waals surface area contributed by atoms with Crippen molar-refractivity contribution >= 4 is 17.0 Å². The number of rotatable bonds is 9. The largest absolute Gasteiger partial charge is 0.416 e. The summed E-state index contributed by atoms with van der Waals surface area (Å²) in [5.74, 6) is 0.458. The predicted octanol–water partition coefficient (Wildman–Crippen LogP) is 4.97. The van der Waals surface area contributed by atoms with E-state index in [2.05, 4.69) is 20.5 Å². The van der Waals surface area contributed by atoms with Crippen LogP contribution < -0.4 is 10.6 Å². The first-order valence-electron chi connectivity index (χ1n) is 13.1. The summed E-state index contributed by atoms with van der Waals surface area (Å²) in [6, 6.07) is 3.41. The number of benzene rings is 1. The number of aryl methyl sites for hydroxylation is 2. The number of halogens is 6. The average Bonchev–Trinajstić information content (AvgIpc) is 3.47. The second kappa shape index (κ2) is 10.9. The van der Waals surface area contributed by atoms with Gasteiger partial charge in [-0.15, -0.1) is 5.10 Å². The molecule has 1 saturated carbocycles. The minimum absolute atomic E-state index is 0.0393. The average molecular weight is 582 g/mol. The summed E-state index contributed by atoms with van der Waals surface area (Å²) < 4.78 is 83.1. The van der Waals surface area contributed by atoms with Crippen LogP contribution in [0.5, 0.6) is 0 Å². The zero-order valence-electron chi connectivity index (χ0n) is 22.4. The van der Waals surface area contributed by atoms with Crippen molar-refractivity contribution < 1.29 is 26.3 Å². The normalized spacial score (nSPS) is 15.3. The summed E-state index contributed by atoms with van der Waals surface area (Å²) in [5, 5.41) is 17.0. The fourth-order valence-corrected chi connectivity index (χ4v) is 5.20.